The summed E-state index contributed by atoms with van der Waals surface area (Å²) < 4.78 is 18.0. The van der Waals surface area contributed by atoms with Gasteiger partial charge in [0.25, 0.3) is 0 Å². The molecule has 1 atom stereocenters. The van der Waals surface area contributed by atoms with Crippen LogP contribution >= 0.6 is 11.3 Å². The van der Waals surface area contributed by atoms with Crippen LogP contribution in [-0.4, -0.2) is 17.6 Å². The summed E-state index contributed by atoms with van der Waals surface area (Å²) in [6.07, 6.45) is 0. The van der Waals surface area contributed by atoms with Gasteiger partial charge < -0.3 is 10.1 Å². The highest BCUT2D eigenvalue weighted by Gasteiger charge is 2.13. The number of ether oxygens (including phenoxy) is 1. The second-order valence-electron chi connectivity index (χ2n) is 4.18. The molecule has 1 aromatic heterocycles. The van der Waals surface area contributed by atoms with Crippen LogP contribution in [0.15, 0.2) is 29.6 Å². The minimum Gasteiger partial charge on any atom is -0.461 e. The molecule has 1 N–H and O–H groups in total. The molecular formula is C14H15FN2O2S. The Morgan fingerprint density at radius 2 is 2.35 bits per heavy atom. The highest BCUT2D eigenvalue weighted by atomic mass is 32.1. The largest absolute Gasteiger partial charge is 0.461 e. The van der Waals surface area contributed by atoms with E-state index in [1.807, 2.05) is 13.0 Å². The SMILES string of the molecule is CCOC(=O)c1csc(NC(C)c2cccc(F)c2)n1. The van der Waals surface area contributed by atoms with Crippen LogP contribution in [0.3, 0.4) is 0 Å². The number of benzene rings is 1. The van der Waals surface area contributed by atoms with Gasteiger partial charge in [-0.25, -0.2) is 14.2 Å². The lowest BCUT2D eigenvalue weighted by atomic mass is 10.1. The van der Waals surface area contributed by atoms with Crippen molar-refractivity contribution in [2.45, 2.75) is 19.9 Å². The van der Waals surface area contributed by atoms with Crippen molar-refractivity contribution in [2.75, 3.05) is 11.9 Å². The van der Waals surface area contributed by atoms with Crippen LogP contribution in [-0.2, 0) is 4.74 Å². The Morgan fingerprint density at radius 1 is 1.55 bits per heavy atom. The molecule has 20 heavy (non-hydrogen) atoms. The predicted octanol–water partition coefficient (Wildman–Crippen LogP) is 3.63. The molecule has 1 heterocycles. The number of halogens is 1. The van der Waals surface area contributed by atoms with Crippen molar-refractivity contribution in [1.82, 2.24) is 4.98 Å². The van der Waals surface area contributed by atoms with Gasteiger partial charge in [0.15, 0.2) is 10.8 Å². The molecule has 1 unspecified atom stereocenters. The second-order valence-corrected chi connectivity index (χ2v) is 5.04. The first-order valence-corrected chi connectivity index (χ1v) is 7.12. The van der Waals surface area contributed by atoms with Crippen molar-refractivity contribution < 1.29 is 13.9 Å². The Morgan fingerprint density at radius 3 is 3.05 bits per heavy atom. The van der Waals surface area contributed by atoms with E-state index in [0.29, 0.717) is 11.7 Å². The van der Waals surface area contributed by atoms with Crippen molar-refractivity contribution >= 4 is 22.4 Å². The predicted molar refractivity (Wildman–Crippen MR) is 76.5 cm³/mol. The Kier molecular flexibility index (Phi) is 4.68. The maximum Gasteiger partial charge on any atom is 0.357 e. The van der Waals surface area contributed by atoms with Crippen molar-refractivity contribution in [1.29, 1.82) is 0 Å². The number of anilines is 1. The average Bonchev–Trinajstić information content (AvgIpc) is 2.87. The number of hydrogen-bond acceptors (Lipinski definition) is 5. The van der Waals surface area contributed by atoms with Crippen molar-refractivity contribution in [3.8, 4) is 0 Å². The minimum atomic E-state index is -0.435. The van der Waals surface area contributed by atoms with Gasteiger partial charge in [-0.05, 0) is 31.5 Å². The van der Waals surface area contributed by atoms with E-state index < -0.39 is 5.97 Å². The summed E-state index contributed by atoms with van der Waals surface area (Å²) >= 11 is 1.31. The van der Waals surface area contributed by atoms with E-state index in [2.05, 4.69) is 10.3 Å². The average molecular weight is 294 g/mol. The van der Waals surface area contributed by atoms with Gasteiger partial charge in [0, 0.05) is 5.38 Å². The first-order valence-electron chi connectivity index (χ1n) is 6.24. The zero-order valence-corrected chi connectivity index (χ0v) is 12.0. The third kappa shape index (κ3) is 3.54. The minimum absolute atomic E-state index is 0.105. The number of nitrogens with one attached hydrogen (secondary N) is 1. The number of nitrogens with zero attached hydrogens (tertiary/aromatic N) is 1. The number of aromatic nitrogens is 1. The molecule has 106 valence electrons. The smallest absolute Gasteiger partial charge is 0.357 e. The van der Waals surface area contributed by atoms with E-state index in [1.165, 1.54) is 23.5 Å². The summed E-state index contributed by atoms with van der Waals surface area (Å²) in [4.78, 5) is 15.7. The highest BCUT2D eigenvalue weighted by Crippen LogP contribution is 2.23. The molecule has 4 nitrogen and oxygen atoms in total. The maximum atomic E-state index is 13.2. The number of thiazole rings is 1. The molecule has 2 aromatic rings. The van der Waals surface area contributed by atoms with E-state index in [0.717, 1.165) is 5.56 Å². The van der Waals surface area contributed by atoms with E-state index in [9.17, 15) is 9.18 Å². The molecule has 0 aliphatic heterocycles. The molecular weight excluding hydrogens is 279 g/mol. The molecule has 0 aliphatic rings. The summed E-state index contributed by atoms with van der Waals surface area (Å²) in [6.45, 7) is 3.97. The lowest BCUT2D eigenvalue weighted by molar-refractivity contribution is 0.0520. The fraction of sp³-hybridized carbons (Fsp3) is 0.286. The van der Waals surface area contributed by atoms with Crippen molar-refractivity contribution in [3.63, 3.8) is 0 Å². The third-order valence-corrected chi connectivity index (χ3v) is 3.45. The Bertz CT molecular complexity index is 600. The zero-order chi connectivity index (χ0) is 14.5. The molecule has 0 spiro atoms. The van der Waals surface area contributed by atoms with Gasteiger partial charge in [-0.1, -0.05) is 12.1 Å². The zero-order valence-electron chi connectivity index (χ0n) is 11.2. The molecule has 0 bridgehead atoms. The van der Waals surface area contributed by atoms with Crippen LogP contribution in [0.1, 0.15) is 35.9 Å². The van der Waals surface area contributed by atoms with Crippen LogP contribution in [0.5, 0.6) is 0 Å². The summed E-state index contributed by atoms with van der Waals surface area (Å²) in [5.41, 5.74) is 1.10. The summed E-state index contributed by atoms with van der Waals surface area (Å²) in [5.74, 6) is -0.710. The Hall–Kier alpha value is -1.95. The van der Waals surface area contributed by atoms with Crippen molar-refractivity contribution in [2.24, 2.45) is 0 Å². The number of esters is 1. The quantitative estimate of drug-likeness (QED) is 0.856. The summed E-state index contributed by atoms with van der Waals surface area (Å²) in [6, 6.07) is 6.26. The second kappa shape index (κ2) is 6.47. The monoisotopic (exact) mass is 294 g/mol. The molecule has 0 saturated heterocycles. The molecule has 2 rings (SSSR count). The molecule has 0 fully saturated rings. The molecule has 0 radical (unpaired) electrons. The van der Waals surface area contributed by atoms with Gasteiger partial charge in [0.1, 0.15) is 5.82 Å². The molecule has 0 amide bonds. The number of hydrogen-bond donors (Lipinski definition) is 1. The van der Waals surface area contributed by atoms with E-state index in [1.54, 1.807) is 18.4 Å². The Balaban J connectivity index is 2.05. The highest BCUT2D eigenvalue weighted by molar-refractivity contribution is 7.13. The van der Waals surface area contributed by atoms with Crippen molar-refractivity contribution in [3.05, 3.63) is 46.7 Å². The van der Waals surface area contributed by atoms with Crippen LogP contribution in [0.25, 0.3) is 0 Å². The molecule has 6 heteroatoms. The topological polar surface area (TPSA) is 51.2 Å². The van der Waals surface area contributed by atoms with Gasteiger partial charge in [-0.15, -0.1) is 11.3 Å². The third-order valence-electron chi connectivity index (χ3n) is 2.68. The molecule has 0 aliphatic carbocycles. The summed E-state index contributed by atoms with van der Waals surface area (Å²) in [7, 11) is 0. The van der Waals surface area contributed by atoms with Crippen LogP contribution < -0.4 is 5.32 Å². The van der Waals surface area contributed by atoms with E-state index in [4.69, 9.17) is 4.74 Å². The van der Waals surface area contributed by atoms with Gasteiger partial charge in [0.2, 0.25) is 0 Å². The lowest BCUT2D eigenvalue weighted by Gasteiger charge is -2.13. The summed E-state index contributed by atoms with van der Waals surface area (Å²) in [5, 5.41) is 5.37. The van der Waals surface area contributed by atoms with Crippen LogP contribution in [0.2, 0.25) is 0 Å². The van der Waals surface area contributed by atoms with Gasteiger partial charge in [-0.3, -0.25) is 0 Å². The first kappa shape index (κ1) is 14.5. The maximum absolute atomic E-state index is 13.2. The fourth-order valence-corrected chi connectivity index (χ4v) is 2.45. The van der Waals surface area contributed by atoms with Crippen LogP contribution in [0.4, 0.5) is 9.52 Å². The van der Waals surface area contributed by atoms with Crippen LogP contribution in [0, 0.1) is 5.82 Å². The van der Waals surface area contributed by atoms with E-state index in [-0.39, 0.29) is 17.6 Å². The molecule has 1 aromatic carbocycles. The standard InChI is InChI=1S/C14H15FN2O2S/c1-3-19-13(18)12-8-20-14(17-12)16-9(2)10-5-4-6-11(15)7-10/h4-9H,3H2,1-2H3,(H,16,17). The number of carbonyl (C=O) groups excluding carboxylic acids is 1. The lowest BCUT2D eigenvalue weighted by Crippen LogP contribution is -2.08. The molecule has 0 saturated carbocycles. The van der Waals surface area contributed by atoms with E-state index >= 15 is 0 Å². The van der Waals surface area contributed by atoms with Gasteiger partial charge >= 0.3 is 5.97 Å². The first-order chi connectivity index (χ1) is 9.60. The Labute approximate surface area is 120 Å². The number of carbonyl (C=O) groups is 1. The number of rotatable bonds is 5. The van der Waals surface area contributed by atoms with Gasteiger partial charge in [-0.2, -0.15) is 0 Å². The normalized spacial score (nSPS) is 11.9. The fourth-order valence-electron chi connectivity index (χ4n) is 1.68. The van der Waals surface area contributed by atoms with Gasteiger partial charge in [0.05, 0.1) is 12.6 Å².